The summed E-state index contributed by atoms with van der Waals surface area (Å²) < 4.78 is 61.0. The highest BCUT2D eigenvalue weighted by molar-refractivity contribution is 9.11. The minimum absolute atomic E-state index is 0.0914. The molecule has 0 aliphatic heterocycles. The third-order valence-electron chi connectivity index (χ3n) is 2.02. The summed E-state index contributed by atoms with van der Waals surface area (Å²) in [5.41, 5.74) is 0. The van der Waals surface area contributed by atoms with E-state index in [1.807, 2.05) is 0 Å². The van der Waals surface area contributed by atoms with Gasteiger partial charge >= 0.3 is 6.18 Å². The Labute approximate surface area is 114 Å². The van der Waals surface area contributed by atoms with Gasteiger partial charge in [0.1, 0.15) is 4.21 Å². The van der Waals surface area contributed by atoms with Crippen LogP contribution < -0.4 is 0 Å². The summed E-state index contributed by atoms with van der Waals surface area (Å²) in [7, 11) is -3.03. The Morgan fingerprint density at radius 2 is 2.06 bits per heavy atom. The predicted octanol–water partition coefficient (Wildman–Crippen LogP) is 2.05. The first-order valence-corrected chi connectivity index (χ1v) is 7.56. The number of aliphatic hydroxyl groups excluding tert-OH is 1. The Morgan fingerprint density at radius 1 is 1.50 bits per heavy atom. The first-order chi connectivity index (χ1) is 8.05. The van der Waals surface area contributed by atoms with Gasteiger partial charge in [0.15, 0.2) is 6.10 Å². The lowest BCUT2D eigenvalue weighted by atomic mass is 10.3. The van der Waals surface area contributed by atoms with Crippen molar-refractivity contribution in [2.45, 2.75) is 16.5 Å². The normalized spacial score (nSPS) is 15.1. The van der Waals surface area contributed by atoms with Gasteiger partial charge in [-0.3, -0.25) is 0 Å². The fourth-order valence-electron chi connectivity index (χ4n) is 1.04. The molecule has 0 bridgehead atoms. The SMILES string of the molecule is CN(CC(O)C(F)(F)F)S(=O)(=O)c1ccc(Br)s1. The minimum Gasteiger partial charge on any atom is -0.382 e. The molecule has 1 heterocycles. The molecule has 0 saturated carbocycles. The van der Waals surface area contributed by atoms with E-state index in [1.54, 1.807) is 0 Å². The van der Waals surface area contributed by atoms with Gasteiger partial charge in [0.05, 0.1) is 3.79 Å². The van der Waals surface area contributed by atoms with Gasteiger partial charge in [0, 0.05) is 13.6 Å². The molecule has 0 aliphatic carbocycles. The zero-order valence-corrected chi connectivity index (χ0v) is 12.2. The molecule has 1 N–H and O–H groups in total. The van der Waals surface area contributed by atoms with Crippen LogP contribution in [0.1, 0.15) is 0 Å². The molecule has 18 heavy (non-hydrogen) atoms. The van der Waals surface area contributed by atoms with Crippen molar-refractivity contribution in [3.8, 4) is 0 Å². The predicted molar refractivity (Wildman–Crippen MR) is 63.9 cm³/mol. The molecule has 1 rings (SSSR count). The van der Waals surface area contributed by atoms with Gasteiger partial charge in [-0.25, -0.2) is 8.42 Å². The van der Waals surface area contributed by atoms with Crippen molar-refractivity contribution < 1.29 is 26.7 Å². The molecule has 0 radical (unpaired) electrons. The van der Waals surface area contributed by atoms with E-state index in [1.165, 1.54) is 12.1 Å². The van der Waals surface area contributed by atoms with Gasteiger partial charge in [-0.05, 0) is 28.1 Å². The van der Waals surface area contributed by atoms with E-state index in [9.17, 15) is 21.6 Å². The molecule has 10 heteroatoms. The number of hydrogen-bond acceptors (Lipinski definition) is 4. The molecule has 0 amide bonds. The molecule has 0 aromatic carbocycles. The van der Waals surface area contributed by atoms with E-state index in [4.69, 9.17) is 5.11 Å². The molecule has 1 aromatic heterocycles. The molecule has 1 aromatic rings. The molecular weight excluding hydrogens is 359 g/mol. The second-order valence-electron chi connectivity index (χ2n) is 3.40. The maximum absolute atomic E-state index is 12.1. The zero-order valence-electron chi connectivity index (χ0n) is 8.98. The molecule has 104 valence electrons. The van der Waals surface area contributed by atoms with Crippen molar-refractivity contribution in [2.24, 2.45) is 0 Å². The number of sulfonamides is 1. The Kier molecular flexibility index (Phi) is 4.81. The van der Waals surface area contributed by atoms with Gasteiger partial charge in [0.2, 0.25) is 0 Å². The minimum atomic E-state index is -4.85. The van der Waals surface area contributed by atoms with Crippen LogP contribution in [-0.4, -0.2) is 43.7 Å². The number of alkyl halides is 3. The summed E-state index contributed by atoms with van der Waals surface area (Å²) in [6, 6.07) is 2.76. The Bertz CT molecular complexity index is 514. The van der Waals surface area contributed by atoms with Gasteiger partial charge in [0.25, 0.3) is 10.0 Å². The number of likely N-dealkylation sites (N-methyl/N-ethyl adjacent to an activating group) is 1. The molecule has 0 aliphatic rings. The molecule has 0 fully saturated rings. The lowest BCUT2D eigenvalue weighted by Crippen LogP contribution is -2.41. The van der Waals surface area contributed by atoms with Crippen LogP contribution in [0, 0.1) is 0 Å². The van der Waals surface area contributed by atoms with Gasteiger partial charge in [-0.1, -0.05) is 0 Å². The van der Waals surface area contributed by atoms with Crippen LogP contribution in [0.5, 0.6) is 0 Å². The quantitative estimate of drug-likeness (QED) is 0.885. The average Bonchev–Trinajstić information content (AvgIpc) is 2.63. The van der Waals surface area contributed by atoms with Crippen LogP contribution in [0.3, 0.4) is 0 Å². The van der Waals surface area contributed by atoms with Crippen molar-refractivity contribution in [1.29, 1.82) is 0 Å². The number of thiophene rings is 1. The van der Waals surface area contributed by atoms with Crippen LogP contribution in [0.4, 0.5) is 13.2 Å². The smallest absolute Gasteiger partial charge is 0.382 e. The largest absolute Gasteiger partial charge is 0.415 e. The van der Waals surface area contributed by atoms with E-state index < -0.39 is 28.8 Å². The van der Waals surface area contributed by atoms with E-state index in [2.05, 4.69) is 15.9 Å². The highest BCUT2D eigenvalue weighted by Crippen LogP contribution is 2.29. The van der Waals surface area contributed by atoms with Gasteiger partial charge in [-0.15, -0.1) is 11.3 Å². The Morgan fingerprint density at radius 3 is 2.44 bits per heavy atom. The second kappa shape index (κ2) is 5.45. The van der Waals surface area contributed by atoms with Crippen LogP contribution in [0.25, 0.3) is 0 Å². The summed E-state index contributed by atoms with van der Waals surface area (Å²) in [6.07, 6.45) is -7.56. The molecule has 0 saturated heterocycles. The lowest BCUT2D eigenvalue weighted by Gasteiger charge is -2.21. The van der Waals surface area contributed by atoms with Crippen molar-refractivity contribution in [3.63, 3.8) is 0 Å². The third-order valence-corrected chi connectivity index (χ3v) is 5.94. The van der Waals surface area contributed by atoms with E-state index in [-0.39, 0.29) is 4.21 Å². The maximum Gasteiger partial charge on any atom is 0.415 e. The van der Waals surface area contributed by atoms with Crippen molar-refractivity contribution in [3.05, 3.63) is 15.9 Å². The van der Waals surface area contributed by atoms with E-state index in [0.29, 0.717) is 8.09 Å². The summed E-state index contributed by atoms with van der Waals surface area (Å²) in [6.45, 7) is -1.04. The summed E-state index contributed by atoms with van der Waals surface area (Å²) in [5.74, 6) is 0. The van der Waals surface area contributed by atoms with Gasteiger partial charge in [-0.2, -0.15) is 17.5 Å². The molecule has 1 atom stereocenters. The third kappa shape index (κ3) is 3.67. The molecule has 4 nitrogen and oxygen atoms in total. The highest BCUT2D eigenvalue weighted by atomic mass is 79.9. The van der Waals surface area contributed by atoms with Crippen molar-refractivity contribution in [1.82, 2.24) is 4.31 Å². The lowest BCUT2D eigenvalue weighted by molar-refractivity contribution is -0.204. The van der Waals surface area contributed by atoms with Crippen molar-refractivity contribution in [2.75, 3.05) is 13.6 Å². The Balaban J connectivity index is 2.87. The molecule has 1 unspecified atom stereocenters. The monoisotopic (exact) mass is 367 g/mol. The van der Waals surface area contributed by atoms with Crippen LogP contribution >= 0.6 is 27.3 Å². The molecular formula is C8H9BrF3NO3S2. The number of rotatable bonds is 4. The van der Waals surface area contributed by atoms with E-state index in [0.717, 1.165) is 18.4 Å². The van der Waals surface area contributed by atoms with Crippen LogP contribution in [-0.2, 0) is 10.0 Å². The Hall–Kier alpha value is -0.160. The van der Waals surface area contributed by atoms with Gasteiger partial charge < -0.3 is 5.11 Å². The summed E-state index contributed by atoms with van der Waals surface area (Å²) in [4.78, 5) is 0. The number of hydrogen-bond donors (Lipinski definition) is 1. The molecule has 0 spiro atoms. The standard InChI is InChI=1S/C8H9BrF3NO3S2/c1-13(4-5(14)8(10,11)12)18(15,16)7-3-2-6(9)17-7/h2-3,5,14H,4H2,1H3. The van der Waals surface area contributed by atoms with Crippen LogP contribution in [0.15, 0.2) is 20.1 Å². The number of nitrogens with zero attached hydrogens (tertiary/aromatic N) is 1. The number of aliphatic hydroxyl groups is 1. The zero-order chi connectivity index (χ0) is 14.1. The average molecular weight is 368 g/mol. The first-order valence-electron chi connectivity index (χ1n) is 4.51. The first kappa shape index (κ1) is 15.9. The summed E-state index contributed by atoms with van der Waals surface area (Å²) in [5, 5.41) is 8.83. The van der Waals surface area contributed by atoms with Crippen molar-refractivity contribution >= 4 is 37.3 Å². The second-order valence-corrected chi connectivity index (χ2v) is 8.14. The van der Waals surface area contributed by atoms with Crippen LogP contribution in [0.2, 0.25) is 0 Å². The maximum atomic E-state index is 12.1. The summed E-state index contributed by atoms with van der Waals surface area (Å²) >= 11 is 3.94. The van der Waals surface area contributed by atoms with E-state index >= 15 is 0 Å². The highest BCUT2D eigenvalue weighted by Gasteiger charge is 2.40. The number of halogens is 4. The fraction of sp³-hybridized carbons (Fsp3) is 0.500. The fourth-order valence-corrected chi connectivity index (χ4v) is 4.43. The topological polar surface area (TPSA) is 57.6 Å².